The second-order valence-electron chi connectivity index (χ2n) is 4.28. The Labute approximate surface area is 109 Å². The number of phenols is 1. The normalized spacial score (nSPS) is 12.1. The average Bonchev–Trinajstić information content (AvgIpc) is 2.39. The van der Waals surface area contributed by atoms with E-state index in [0.717, 1.165) is 0 Å². The lowest BCUT2D eigenvalue weighted by Gasteiger charge is -2.13. The van der Waals surface area contributed by atoms with Crippen molar-refractivity contribution in [3.63, 3.8) is 0 Å². The zero-order valence-electron chi connectivity index (χ0n) is 10.1. The Hall–Kier alpha value is -2.36. The molecule has 4 heteroatoms. The second kappa shape index (κ2) is 5.52. The van der Waals surface area contributed by atoms with E-state index in [-0.39, 0.29) is 12.2 Å². The fraction of sp³-hybridized carbons (Fsp3) is 0.133. The van der Waals surface area contributed by atoms with Gasteiger partial charge in [0.1, 0.15) is 11.6 Å². The van der Waals surface area contributed by atoms with Gasteiger partial charge in [-0.1, -0.05) is 30.3 Å². The fourth-order valence-corrected chi connectivity index (χ4v) is 1.94. The monoisotopic (exact) mass is 260 g/mol. The Balaban J connectivity index is 2.29. The summed E-state index contributed by atoms with van der Waals surface area (Å²) >= 11 is 0. The predicted octanol–water partition coefficient (Wildman–Crippen LogP) is 2.94. The highest BCUT2D eigenvalue weighted by molar-refractivity contribution is 5.76. The van der Waals surface area contributed by atoms with E-state index < -0.39 is 17.7 Å². The standard InChI is InChI=1S/C15H13FO3/c16-14-4-2-1-3-11(14)9-13(15(18)19)10-5-7-12(17)8-6-10/h1-8,13,17H,9H2,(H,18,19). The molecule has 1 atom stereocenters. The molecule has 0 aromatic heterocycles. The fourth-order valence-electron chi connectivity index (χ4n) is 1.94. The van der Waals surface area contributed by atoms with Crippen molar-refractivity contribution < 1.29 is 19.4 Å². The number of hydrogen-bond donors (Lipinski definition) is 2. The number of hydrogen-bond acceptors (Lipinski definition) is 2. The number of aliphatic carboxylic acids is 1. The van der Waals surface area contributed by atoms with Gasteiger partial charge in [0, 0.05) is 0 Å². The first kappa shape index (κ1) is 13.1. The van der Waals surface area contributed by atoms with Crippen LogP contribution in [0.3, 0.4) is 0 Å². The first-order valence-electron chi connectivity index (χ1n) is 5.83. The van der Waals surface area contributed by atoms with Crippen LogP contribution in [-0.2, 0) is 11.2 Å². The molecule has 0 fully saturated rings. The van der Waals surface area contributed by atoms with Gasteiger partial charge in [-0.25, -0.2) is 4.39 Å². The van der Waals surface area contributed by atoms with Crippen LogP contribution in [0.5, 0.6) is 5.75 Å². The molecule has 0 radical (unpaired) electrons. The van der Waals surface area contributed by atoms with E-state index in [9.17, 15) is 19.4 Å². The third-order valence-electron chi connectivity index (χ3n) is 2.98. The summed E-state index contributed by atoms with van der Waals surface area (Å²) in [5.74, 6) is -2.20. The number of aromatic hydroxyl groups is 1. The minimum absolute atomic E-state index is 0.0683. The maximum absolute atomic E-state index is 13.6. The minimum Gasteiger partial charge on any atom is -0.508 e. The van der Waals surface area contributed by atoms with E-state index in [1.165, 1.54) is 30.3 Å². The van der Waals surface area contributed by atoms with Crippen LogP contribution in [0, 0.1) is 5.82 Å². The van der Waals surface area contributed by atoms with E-state index in [2.05, 4.69) is 0 Å². The van der Waals surface area contributed by atoms with Gasteiger partial charge in [0.05, 0.1) is 5.92 Å². The van der Waals surface area contributed by atoms with Crippen molar-refractivity contribution in [3.05, 3.63) is 65.5 Å². The first-order valence-corrected chi connectivity index (χ1v) is 5.83. The van der Waals surface area contributed by atoms with Gasteiger partial charge in [0.15, 0.2) is 0 Å². The molecular formula is C15H13FO3. The summed E-state index contributed by atoms with van der Waals surface area (Å²) in [5, 5.41) is 18.5. The maximum Gasteiger partial charge on any atom is 0.311 e. The molecule has 1 unspecified atom stereocenters. The molecule has 3 nitrogen and oxygen atoms in total. The summed E-state index contributed by atoms with van der Waals surface area (Å²) in [4.78, 5) is 11.3. The van der Waals surface area contributed by atoms with Gasteiger partial charge in [-0.3, -0.25) is 4.79 Å². The minimum atomic E-state index is -1.02. The number of benzene rings is 2. The van der Waals surface area contributed by atoms with Crippen molar-refractivity contribution in [1.82, 2.24) is 0 Å². The average molecular weight is 260 g/mol. The largest absolute Gasteiger partial charge is 0.508 e. The quantitative estimate of drug-likeness (QED) is 0.888. The molecule has 0 heterocycles. The molecule has 0 aliphatic carbocycles. The molecule has 19 heavy (non-hydrogen) atoms. The van der Waals surface area contributed by atoms with Crippen molar-refractivity contribution >= 4 is 5.97 Å². The van der Waals surface area contributed by atoms with Gasteiger partial charge in [0.25, 0.3) is 0 Å². The lowest BCUT2D eigenvalue weighted by molar-refractivity contribution is -0.138. The topological polar surface area (TPSA) is 57.5 Å². The van der Waals surface area contributed by atoms with E-state index in [0.29, 0.717) is 11.1 Å². The third-order valence-corrected chi connectivity index (χ3v) is 2.98. The Morgan fingerprint density at radius 2 is 1.74 bits per heavy atom. The molecular weight excluding hydrogens is 247 g/mol. The molecule has 2 aromatic rings. The summed E-state index contributed by atoms with van der Waals surface area (Å²) < 4.78 is 13.6. The van der Waals surface area contributed by atoms with Gasteiger partial charge in [-0.05, 0) is 35.7 Å². The molecule has 0 aliphatic rings. The van der Waals surface area contributed by atoms with Crippen LogP contribution in [0.15, 0.2) is 48.5 Å². The lowest BCUT2D eigenvalue weighted by atomic mass is 9.92. The van der Waals surface area contributed by atoms with Crippen molar-refractivity contribution in [2.45, 2.75) is 12.3 Å². The number of rotatable bonds is 4. The molecule has 0 saturated heterocycles. The smallest absolute Gasteiger partial charge is 0.311 e. The van der Waals surface area contributed by atoms with Gasteiger partial charge in [-0.2, -0.15) is 0 Å². The Morgan fingerprint density at radius 1 is 1.11 bits per heavy atom. The van der Waals surface area contributed by atoms with E-state index in [1.54, 1.807) is 18.2 Å². The highest BCUT2D eigenvalue weighted by Gasteiger charge is 2.21. The SMILES string of the molecule is O=C(O)C(Cc1ccccc1F)c1ccc(O)cc1. The van der Waals surface area contributed by atoms with Gasteiger partial charge < -0.3 is 10.2 Å². The van der Waals surface area contributed by atoms with Gasteiger partial charge >= 0.3 is 5.97 Å². The molecule has 2 aromatic carbocycles. The molecule has 98 valence electrons. The van der Waals surface area contributed by atoms with Crippen LogP contribution in [-0.4, -0.2) is 16.2 Å². The second-order valence-corrected chi connectivity index (χ2v) is 4.28. The summed E-state index contributed by atoms with van der Waals surface area (Å²) in [5.41, 5.74) is 0.900. The van der Waals surface area contributed by atoms with E-state index in [4.69, 9.17) is 0 Å². The number of carboxylic acid groups (broad SMARTS) is 1. The van der Waals surface area contributed by atoms with Crippen LogP contribution in [0.25, 0.3) is 0 Å². The summed E-state index contributed by atoms with van der Waals surface area (Å²) in [6.07, 6.45) is 0.0762. The molecule has 2 rings (SSSR count). The van der Waals surface area contributed by atoms with Gasteiger partial charge in [0.2, 0.25) is 0 Å². The predicted molar refractivity (Wildman–Crippen MR) is 68.6 cm³/mol. The summed E-state index contributed by atoms with van der Waals surface area (Å²) in [6, 6.07) is 12.0. The van der Waals surface area contributed by atoms with Crippen molar-refractivity contribution in [2.75, 3.05) is 0 Å². The lowest BCUT2D eigenvalue weighted by Crippen LogP contribution is -2.15. The molecule has 0 amide bonds. The van der Waals surface area contributed by atoms with Crippen LogP contribution in [0.1, 0.15) is 17.0 Å². The number of carbonyl (C=O) groups is 1. The Kier molecular flexibility index (Phi) is 3.80. The van der Waals surface area contributed by atoms with E-state index in [1.807, 2.05) is 0 Å². The maximum atomic E-state index is 13.6. The molecule has 0 bridgehead atoms. The molecule has 0 saturated carbocycles. The van der Waals surface area contributed by atoms with Crippen molar-refractivity contribution in [3.8, 4) is 5.75 Å². The van der Waals surface area contributed by atoms with Crippen LogP contribution in [0.4, 0.5) is 4.39 Å². The molecule has 0 aliphatic heterocycles. The van der Waals surface area contributed by atoms with E-state index >= 15 is 0 Å². The third kappa shape index (κ3) is 3.10. The van der Waals surface area contributed by atoms with Gasteiger partial charge in [-0.15, -0.1) is 0 Å². The number of phenolic OH excluding ortho intramolecular Hbond substituents is 1. The van der Waals surface area contributed by atoms with Crippen molar-refractivity contribution in [1.29, 1.82) is 0 Å². The molecule has 2 N–H and O–H groups in total. The molecule has 0 spiro atoms. The zero-order valence-corrected chi connectivity index (χ0v) is 10.1. The summed E-state index contributed by atoms with van der Waals surface area (Å²) in [6.45, 7) is 0. The number of carboxylic acids is 1. The summed E-state index contributed by atoms with van der Waals surface area (Å²) in [7, 11) is 0. The number of halogens is 1. The Morgan fingerprint density at radius 3 is 2.32 bits per heavy atom. The van der Waals surface area contributed by atoms with Crippen molar-refractivity contribution in [2.24, 2.45) is 0 Å². The van der Waals surface area contributed by atoms with Crippen LogP contribution >= 0.6 is 0 Å². The van der Waals surface area contributed by atoms with Crippen LogP contribution in [0.2, 0.25) is 0 Å². The first-order chi connectivity index (χ1) is 9.08. The highest BCUT2D eigenvalue weighted by atomic mass is 19.1. The Bertz CT molecular complexity index is 578. The van der Waals surface area contributed by atoms with Crippen LogP contribution < -0.4 is 0 Å². The highest BCUT2D eigenvalue weighted by Crippen LogP contribution is 2.24. The zero-order chi connectivity index (χ0) is 13.8.